The predicted octanol–water partition coefficient (Wildman–Crippen LogP) is 4.30. The van der Waals surface area contributed by atoms with Crippen molar-refractivity contribution in [2.45, 2.75) is 39.2 Å². The Hall–Kier alpha value is -2.13. The van der Waals surface area contributed by atoms with Crippen molar-refractivity contribution < 1.29 is 14.3 Å². The second-order valence-electron chi connectivity index (χ2n) is 7.42. The summed E-state index contributed by atoms with van der Waals surface area (Å²) in [6.45, 7) is 9.65. The lowest BCUT2D eigenvalue weighted by molar-refractivity contribution is 0.103. The van der Waals surface area contributed by atoms with Crippen molar-refractivity contribution in [3.8, 4) is 5.75 Å². The van der Waals surface area contributed by atoms with Crippen molar-refractivity contribution in [3.05, 3.63) is 64.7 Å². The lowest BCUT2D eigenvalue weighted by Gasteiger charge is -2.23. The summed E-state index contributed by atoms with van der Waals surface area (Å²) in [5, 5.41) is 0. The number of hydrogen-bond acceptors (Lipinski definition) is 3. The average Bonchev–Trinajstić information content (AvgIpc) is 3.35. The third-order valence-corrected chi connectivity index (χ3v) is 4.16. The largest absolute Gasteiger partial charge is 0.491 e. The van der Waals surface area contributed by atoms with Gasteiger partial charge < -0.3 is 9.47 Å². The van der Waals surface area contributed by atoms with Crippen LogP contribution >= 0.6 is 0 Å². The van der Waals surface area contributed by atoms with E-state index >= 15 is 0 Å². The van der Waals surface area contributed by atoms with E-state index in [4.69, 9.17) is 9.47 Å². The van der Waals surface area contributed by atoms with Crippen LogP contribution in [0.5, 0.6) is 5.75 Å². The molecule has 0 amide bonds. The minimum atomic E-state index is -0.118. The van der Waals surface area contributed by atoms with E-state index in [9.17, 15) is 4.79 Å². The molecule has 0 bridgehead atoms. The summed E-state index contributed by atoms with van der Waals surface area (Å²) in [7, 11) is 0. The molecule has 0 aromatic heterocycles. The van der Waals surface area contributed by atoms with Gasteiger partial charge in [0.1, 0.15) is 18.5 Å². The standard InChI is InChI=1S/C21H24O3/c1-14-6-5-7-15(10-14)20(22)18-11-16(23-12-17-13-24-17)8-9-19(18)21(2,3)4/h5-11,17H,12-13H2,1-4H3. The van der Waals surface area contributed by atoms with E-state index in [0.717, 1.165) is 23.5 Å². The van der Waals surface area contributed by atoms with E-state index in [1.165, 1.54) is 0 Å². The SMILES string of the molecule is Cc1cccc(C(=O)c2cc(OCC3CO3)ccc2C(C)(C)C)c1. The Labute approximate surface area is 143 Å². The molecular formula is C21H24O3. The molecule has 1 aliphatic heterocycles. The zero-order valence-electron chi connectivity index (χ0n) is 14.8. The molecule has 1 heterocycles. The quantitative estimate of drug-likeness (QED) is 0.608. The summed E-state index contributed by atoms with van der Waals surface area (Å²) < 4.78 is 10.9. The van der Waals surface area contributed by atoms with Gasteiger partial charge in [0.25, 0.3) is 0 Å². The molecule has 0 saturated carbocycles. The number of aryl methyl sites for hydroxylation is 1. The number of carbonyl (C=O) groups excluding carboxylic acids is 1. The second-order valence-corrected chi connectivity index (χ2v) is 7.42. The molecule has 2 aromatic rings. The third kappa shape index (κ3) is 3.85. The highest BCUT2D eigenvalue weighted by molar-refractivity contribution is 6.10. The van der Waals surface area contributed by atoms with Crippen molar-refractivity contribution in [1.29, 1.82) is 0 Å². The van der Waals surface area contributed by atoms with Gasteiger partial charge in [-0.05, 0) is 36.1 Å². The van der Waals surface area contributed by atoms with Gasteiger partial charge >= 0.3 is 0 Å². The Kier molecular flexibility index (Phi) is 4.46. The van der Waals surface area contributed by atoms with Crippen LogP contribution in [0.2, 0.25) is 0 Å². The summed E-state index contributed by atoms with van der Waals surface area (Å²) in [6.07, 6.45) is 0.197. The maximum absolute atomic E-state index is 13.1. The highest BCUT2D eigenvalue weighted by atomic mass is 16.6. The van der Waals surface area contributed by atoms with E-state index in [2.05, 4.69) is 20.8 Å². The fraction of sp³-hybridized carbons (Fsp3) is 0.381. The molecule has 1 saturated heterocycles. The minimum Gasteiger partial charge on any atom is -0.491 e. The Morgan fingerprint density at radius 1 is 1.21 bits per heavy atom. The average molecular weight is 324 g/mol. The molecule has 0 N–H and O–H groups in total. The van der Waals surface area contributed by atoms with Gasteiger partial charge in [0.2, 0.25) is 0 Å². The first-order valence-electron chi connectivity index (χ1n) is 8.35. The summed E-state index contributed by atoms with van der Waals surface area (Å²) in [6, 6.07) is 13.5. The molecule has 3 rings (SSSR count). The molecule has 1 fully saturated rings. The first kappa shape index (κ1) is 16.7. The molecule has 2 aromatic carbocycles. The second kappa shape index (κ2) is 6.40. The molecule has 3 heteroatoms. The number of carbonyl (C=O) groups is 1. The topological polar surface area (TPSA) is 38.8 Å². The van der Waals surface area contributed by atoms with Gasteiger partial charge in [-0.2, -0.15) is 0 Å². The van der Waals surface area contributed by atoms with Crippen LogP contribution in [0.4, 0.5) is 0 Å². The van der Waals surface area contributed by atoms with Crippen LogP contribution in [0, 0.1) is 6.92 Å². The summed E-state index contributed by atoms with van der Waals surface area (Å²) in [5.41, 5.74) is 3.42. The van der Waals surface area contributed by atoms with Crippen molar-refractivity contribution in [1.82, 2.24) is 0 Å². The smallest absolute Gasteiger partial charge is 0.193 e. The third-order valence-electron chi connectivity index (χ3n) is 4.16. The predicted molar refractivity (Wildman–Crippen MR) is 95.0 cm³/mol. The maximum atomic E-state index is 13.1. The molecule has 0 radical (unpaired) electrons. The van der Waals surface area contributed by atoms with Gasteiger partial charge in [0.15, 0.2) is 5.78 Å². The highest BCUT2D eigenvalue weighted by Gasteiger charge is 2.25. The molecule has 0 aliphatic carbocycles. The zero-order valence-corrected chi connectivity index (χ0v) is 14.8. The monoisotopic (exact) mass is 324 g/mol. The van der Waals surface area contributed by atoms with Crippen LogP contribution < -0.4 is 4.74 Å². The van der Waals surface area contributed by atoms with Crippen LogP contribution in [-0.2, 0) is 10.2 Å². The molecule has 3 nitrogen and oxygen atoms in total. The first-order chi connectivity index (χ1) is 11.3. The molecule has 1 atom stereocenters. The number of benzene rings is 2. The molecular weight excluding hydrogens is 300 g/mol. The van der Waals surface area contributed by atoms with E-state index in [0.29, 0.717) is 17.7 Å². The lowest BCUT2D eigenvalue weighted by Crippen LogP contribution is -2.18. The van der Waals surface area contributed by atoms with E-state index < -0.39 is 0 Å². The van der Waals surface area contributed by atoms with Gasteiger partial charge in [-0.3, -0.25) is 4.79 Å². The zero-order chi connectivity index (χ0) is 17.3. The Balaban J connectivity index is 1.97. The Morgan fingerprint density at radius 3 is 2.58 bits per heavy atom. The normalized spacial score (nSPS) is 16.8. The highest BCUT2D eigenvalue weighted by Crippen LogP contribution is 2.31. The molecule has 24 heavy (non-hydrogen) atoms. The summed E-state index contributed by atoms with van der Waals surface area (Å²) >= 11 is 0. The molecule has 1 aliphatic rings. The number of hydrogen-bond donors (Lipinski definition) is 0. The maximum Gasteiger partial charge on any atom is 0.193 e. The van der Waals surface area contributed by atoms with Gasteiger partial charge in [-0.1, -0.05) is 50.6 Å². The van der Waals surface area contributed by atoms with Crippen LogP contribution in [-0.4, -0.2) is 25.1 Å². The lowest BCUT2D eigenvalue weighted by atomic mass is 9.81. The molecule has 0 spiro atoms. The van der Waals surface area contributed by atoms with Crippen molar-refractivity contribution >= 4 is 5.78 Å². The van der Waals surface area contributed by atoms with Gasteiger partial charge in [-0.15, -0.1) is 0 Å². The Morgan fingerprint density at radius 2 is 1.96 bits per heavy atom. The molecule has 126 valence electrons. The fourth-order valence-electron chi connectivity index (χ4n) is 2.75. The number of rotatable bonds is 5. The van der Waals surface area contributed by atoms with Crippen molar-refractivity contribution in [2.24, 2.45) is 0 Å². The first-order valence-corrected chi connectivity index (χ1v) is 8.35. The Bertz CT molecular complexity index is 752. The van der Waals surface area contributed by atoms with Gasteiger partial charge in [-0.25, -0.2) is 0 Å². The van der Waals surface area contributed by atoms with Crippen molar-refractivity contribution in [2.75, 3.05) is 13.2 Å². The van der Waals surface area contributed by atoms with Gasteiger partial charge in [0, 0.05) is 11.1 Å². The van der Waals surface area contributed by atoms with Crippen LogP contribution in [0.25, 0.3) is 0 Å². The number of epoxide rings is 1. The van der Waals surface area contributed by atoms with Crippen molar-refractivity contribution in [3.63, 3.8) is 0 Å². The van der Waals surface area contributed by atoms with Crippen LogP contribution in [0.1, 0.15) is 47.8 Å². The van der Waals surface area contributed by atoms with Crippen LogP contribution in [0.3, 0.4) is 0 Å². The minimum absolute atomic E-state index is 0.0387. The number of ether oxygens (including phenoxy) is 2. The van der Waals surface area contributed by atoms with E-state index in [1.54, 1.807) is 0 Å². The van der Waals surface area contributed by atoms with Crippen LogP contribution in [0.15, 0.2) is 42.5 Å². The number of ketones is 1. The van der Waals surface area contributed by atoms with E-state index in [-0.39, 0.29) is 17.3 Å². The van der Waals surface area contributed by atoms with Gasteiger partial charge in [0.05, 0.1) is 6.61 Å². The fourth-order valence-corrected chi connectivity index (χ4v) is 2.75. The summed E-state index contributed by atoms with van der Waals surface area (Å²) in [4.78, 5) is 13.1. The van der Waals surface area contributed by atoms with E-state index in [1.807, 2.05) is 49.4 Å². The molecule has 1 unspecified atom stereocenters. The summed E-state index contributed by atoms with van der Waals surface area (Å²) in [5.74, 6) is 0.756.